The number of nitrogens with one attached hydrogen (secondary N) is 1. The zero-order valence-corrected chi connectivity index (χ0v) is 15.5. The van der Waals surface area contributed by atoms with Crippen molar-refractivity contribution in [1.29, 1.82) is 0 Å². The van der Waals surface area contributed by atoms with Crippen molar-refractivity contribution >= 4 is 11.6 Å². The maximum absolute atomic E-state index is 12.4. The first kappa shape index (κ1) is 17.7. The Morgan fingerprint density at radius 3 is 2.54 bits per heavy atom. The van der Waals surface area contributed by atoms with Gasteiger partial charge in [-0.1, -0.05) is 30.3 Å². The van der Waals surface area contributed by atoms with Crippen molar-refractivity contribution in [3.05, 3.63) is 71.0 Å². The Morgan fingerprint density at radius 1 is 1.08 bits per heavy atom. The van der Waals surface area contributed by atoms with E-state index in [1.54, 1.807) is 0 Å². The van der Waals surface area contributed by atoms with Crippen molar-refractivity contribution in [2.24, 2.45) is 0 Å². The van der Waals surface area contributed by atoms with Gasteiger partial charge < -0.3 is 10.1 Å². The third-order valence-corrected chi connectivity index (χ3v) is 4.26. The highest BCUT2D eigenvalue weighted by Gasteiger charge is 2.15. The van der Waals surface area contributed by atoms with E-state index in [2.05, 4.69) is 10.4 Å². The number of ether oxygens (including phenoxy) is 1. The number of amides is 1. The molecule has 0 atom stereocenters. The predicted molar refractivity (Wildman–Crippen MR) is 103 cm³/mol. The van der Waals surface area contributed by atoms with Crippen LogP contribution in [0.3, 0.4) is 0 Å². The molecule has 0 saturated carbocycles. The van der Waals surface area contributed by atoms with E-state index in [-0.39, 0.29) is 12.5 Å². The summed E-state index contributed by atoms with van der Waals surface area (Å²) in [6, 6.07) is 15.8. The van der Waals surface area contributed by atoms with Crippen LogP contribution in [-0.2, 0) is 4.79 Å². The lowest BCUT2D eigenvalue weighted by molar-refractivity contribution is -0.118. The number of hydrogen-bond acceptors (Lipinski definition) is 3. The van der Waals surface area contributed by atoms with E-state index in [0.29, 0.717) is 0 Å². The molecule has 0 unspecified atom stereocenters. The van der Waals surface area contributed by atoms with Crippen LogP contribution >= 0.6 is 0 Å². The molecule has 0 radical (unpaired) electrons. The lowest BCUT2D eigenvalue weighted by Crippen LogP contribution is -2.21. The van der Waals surface area contributed by atoms with Crippen LogP contribution in [0, 0.1) is 27.7 Å². The van der Waals surface area contributed by atoms with Crippen molar-refractivity contribution in [2.75, 3.05) is 11.9 Å². The average molecular weight is 349 g/mol. The highest BCUT2D eigenvalue weighted by atomic mass is 16.5. The number of carbonyl (C=O) groups excluding carboxylic acids is 1. The van der Waals surface area contributed by atoms with Gasteiger partial charge in [-0.25, -0.2) is 4.68 Å². The van der Waals surface area contributed by atoms with Crippen LogP contribution in [-0.4, -0.2) is 22.3 Å². The molecular weight excluding hydrogens is 326 g/mol. The second-order valence-electron chi connectivity index (χ2n) is 6.40. The van der Waals surface area contributed by atoms with E-state index in [1.807, 2.05) is 80.9 Å². The summed E-state index contributed by atoms with van der Waals surface area (Å²) < 4.78 is 7.51. The van der Waals surface area contributed by atoms with Crippen molar-refractivity contribution in [3.8, 4) is 11.4 Å². The molecule has 1 N–H and O–H groups in total. The van der Waals surface area contributed by atoms with Crippen LogP contribution in [0.25, 0.3) is 5.69 Å². The van der Waals surface area contributed by atoms with Gasteiger partial charge in [0, 0.05) is 0 Å². The van der Waals surface area contributed by atoms with Crippen molar-refractivity contribution in [2.45, 2.75) is 27.7 Å². The Balaban J connectivity index is 1.72. The van der Waals surface area contributed by atoms with Gasteiger partial charge in [-0.05, 0) is 57.0 Å². The minimum atomic E-state index is -0.204. The number of anilines is 1. The quantitative estimate of drug-likeness (QED) is 0.754. The Bertz CT molecular complexity index is 930. The minimum absolute atomic E-state index is 0.0420. The first-order valence-electron chi connectivity index (χ1n) is 8.57. The van der Waals surface area contributed by atoms with Gasteiger partial charge in [0.15, 0.2) is 6.61 Å². The third kappa shape index (κ3) is 3.77. The first-order chi connectivity index (χ1) is 12.5. The largest absolute Gasteiger partial charge is 0.483 e. The Labute approximate surface area is 153 Å². The summed E-state index contributed by atoms with van der Waals surface area (Å²) >= 11 is 0. The van der Waals surface area contributed by atoms with Crippen LogP contribution in [0.15, 0.2) is 48.5 Å². The number of nitrogens with zero attached hydrogens (tertiary/aromatic N) is 2. The number of hydrogen-bond donors (Lipinski definition) is 1. The van der Waals surface area contributed by atoms with E-state index >= 15 is 0 Å². The molecule has 3 aromatic rings. The number of benzene rings is 2. The standard InChI is InChI=1S/C21H23N3O2/c1-14-10-11-15(2)19(12-14)26-13-20(25)22-21-16(3)23-24(17(21)4)18-8-6-5-7-9-18/h5-12H,13H2,1-4H3,(H,22,25). The predicted octanol–water partition coefficient (Wildman–Crippen LogP) is 4.12. The molecule has 1 aromatic heterocycles. The van der Waals surface area contributed by atoms with E-state index < -0.39 is 0 Å². The molecule has 5 heteroatoms. The summed E-state index contributed by atoms with van der Waals surface area (Å²) in [4.78, 5) is 12.4. The first-order valence-corrected chi connectivity index (χ1v) is 8.57. The number of aryl methyl sites for hydroxylation is 3. The molecule has 0 bridgehead atoms. The molecule has 0 aliphatic carbocycles. The monoisotopic (exact) mass is 349 g/mol. The molecular formula is C21H23N3O2. The van der Waals surface area contributed by atoms with Gasteiger partial charge in [-0.3, -0.25) is 4.79 Å². The van der Waals surface area contributed by atoms with E-state index in [1.165, 1.54) is 0 Å². The third-order valence-electron chi connectivity index (χ3n) is 4.26. The Morgan fingerprint density at radius 2 is 1.81 bits per heavy atom. The number of carbonyl (C=O) groups is 1. The Hall–Kier alpha value is -3.08. The molecule has 134 valence electrons. The number of para-hydroxylation sites is 1. The topological polar surface area (TPSA) is 56.1 Å². The summed E-state index contributed by atoms with van der Waals surface area (Å²) in [5.41, 5.74) is 5.44. The van der Waals surface area contributed by atoms with E-state index in [4.69, 9.17) is 4.74 Å². The van der Waals surface area contributed by atoms with Crippen LogP contribution in [0.5, 0.6) is 5.75 Å². The van der Waals surface area contributed by atoms with Crippen LogP contribution in [0.1, 0.15) is 22.5 Å². The lowest BCUT2D eigenvalue weighted by atomic mass is 10.1. The maximum atomic E-state index is 12.4. The van der Waals surface area contributed by atoms with E-state index in [9.17, 15) is 4.79 Å². The Kier molecular flexibility index (Phi) is 5.07. The summed E-state index contributed by atoms with van der Waals surface area (Å²) in [6.07, 6.45) is 0. The van der Waals surface area contributed by atoms with Crippen LogP contribution in [0.2, 0.25) is 0 Å². The maximum Gasteiger partial charge on any atom is 0.262 e. The van der Waals surface area contributed by atoms with Crippen molar-refractivity contribution in [1.82, 2.24) is 9.78 Å². The molecule has 1 heterocycles. The number of rotatable bonds is 5. The fraction of sp³-hybridized carbons (Fsp3) is 0.238. The summed E-state index contributed by atoms with van der Waals surface area (Å²) in [7, 11) is 0. The van der Waals surface area contributed by atoms with Gasteiger partial charge in [0.1, 0.15) is 5.75 Å². The fourth-order valence-corrected chi connectivity index (χ4v) is 2.83. The smallest absolute Gasteiger partial charge is 0.262 e. The van der Waals surface area contributed by atoms with Crippen molar-refractivity contribution < 1.29 is 9.53 Å². The van der Waals surface area contributed by atoms with Crippen molar-refractivity contribution in [3.63, 3.8) is 0 Å². The summed E-state index contributed by atoms with van der Waals surface area (Å²) in [5.74, 6) is 0.526. The normalized spacial score (nSPS) is 10.6. The molecule has 0 saturated heterocycles. The van der Waals surface area contributed by atoms with Gasteiger partial charge >= 0.3 is 0 Å². The van der Waals surface area contributed by atoms with Gasteiger partial charge in [0.25, 0.3) is 5.91 Å². The highest BCUT2D eigenvalue weighted by molar-refractivity contribution is 5.93. The molecule has 0 aliphatic rings. The highest BCUT2D eigenvalue weighted by Crippen LogP contribution is 2.23. The van der Waals surface area contributed by atoms with Crippen LogP contribution < -0.4 is 10.1 Å². The lowest BCUT2D eigenvalue weighted by Gasteiger charge is -2.11. The minimum Gasteiger partial charge on any atom is -0.483 e. The summed E-state index contributed by atoms with van der Waals surface area (Å²) in [5, 5.41) is 7.46. The van der Waals surface area contributed by atoms with E-state index in [0.717, 1.165) is 39.6 Å². The second kappa shape index (κ2) is 7.44. The molecule has 26 heavy (non-hydrogen) atoms. The SMILES string of the molecule is Cc1ccc(C)c(OCC(=O)Nc2c(C)nn(-c3ccccc3)c2C)c1. The molecule has 1 amide bonds. The van der Waals surface area contributed by atoms with Gasteiger partial charge in [-0.15, -0.1) is 0 Å². The molecule has 0 spiro atoms. The fourth-order valence-electron chi connectivity index (χ4n) is 2.83. The van der Waals surface area contributed by atoms with Crippen LogP contribution in [0.4, 0.5) is 5.69 Å². The molecule has 2 aromatic carbocycles. The summed E-state index contributed by atoms with van der Waals surface area (Å²) in [6.45, 7) is 7.74. The molecule has 5 nitrogen and oxygen atoms in total. The molecule has 0 fully saturated rings. The zero-order chi connectivity index (χ0) is 18.7. The van der Waals surface area contributed by atoms with Gasteiger partial charge in [0.05, 0.1) is 22.8 Å². The number of aromatic nitrogens is 2. The average Bonchev–Trinajstić information content (AvgIpc) is 2.91. The van der Waals surface area contributed by atoms with Gasteiger partial charge in [-0.2, -0.15) is 5.10 Å². The second-order valence-corrected chi connectivity index (χ2v) is 6.40. The van der Waals surface area contributed by atoms with Gasteiger partial charge in [0.2, 0.25) is 0 Å². The molecule has 3 rings (SSSR count). The molecule has 0 aliphatic heterocycles. The zero-order valence-electron chi connectivity index (χ0n) is 15.5.